The molecule has 0 radical (unpaired) electrons. The van der Waals surface area contributed by atoms with Gasteiger partial charge in [0.2, 0.25) is 0 Å². The number of fused-ring (bicyclic) bond motifs is 1. The fourth-order valence-electron chi connectivity index (χ4n) is 1.61. The molecular weight excluding hydrogens is 200 g/mol. The van der Waals surface area contributed by atoms with Crippen LogP contribution < -0.4 is 0 Å². The molecule has 0 spiro atoms. The van der Waals surface area contributed by atoms with E-state index in [1.54, 1.807) is 23.9 Å². The highest BCUT2D eigenvalue weighted by atomic mass is 32.2. The Hall–Kier alpha value is -1.00. The Morgan fingerprint density at radius 1 is 1.50 bits per heavy atom. The van der Waals surface area contributed by atoms with Gasteiger partial charge in [-0.15, -0.1) is 11.8 Å². The van der Waals surface area contributed by atoms with E-state index in [0.717, 1.165) is 4.91 Å². The van der Waals surface area contributed by atoms with Gasteiger partial charge in [-0.1, -0.05) is 24.3 Å². The van der Waals surface area contributed by atoms with Gasteiger partial charge < -0.3 is 10.2 Å². The lowest BCUT2D eigenvalue weighted by atomic mass is 9.95. The maximum absolute atomic E-state index is 10.7. The lowest BCUT2D eigenvalue weighted by Gasteiger charge is -2.15. The second-order valence-corrected chi connectivity index (χ2v) is 4.54. The Morgan fingerprint density at radius 2 is 2.29 bits per heavy atom. The number of carbonyl (C=O) groups is 1. The highest BCUT2D eigenvalue weighted by molar-refractivity contribution is 8.04. The van der Waals surface area contributed by atoms with Crippen LogP contribution in [-0.4, -0.2) is 28.0 Å². The topological polar surface area (TPSA) is 57.5 Å². The second-order valence-electron chi connectivity index (χ2n) is 3.24. The summed E-state index contributed by atoms with van der Waals surface area (Å²) in [5, 5.41) is 18.0. The van der Waals surface area contributed by atoms with Crippen LogP contribution in [0.2, 0.25) is 0 Å². The Morgan fingerprint density at radius 3 is 2.93 bits per heavy atom. The molecule has 1 aliphatic carbocycles. The normalized spacial score (nSPS) is 29.5. The van der Waals surface area contributed by atoms with Gasteiger partial charge in [0, 0.05) is 16.1 Å². The molecule has 0 bridgehead atoms. The molecule has 2 unspecified atom stereocenters. The molecular formula is C10H10O3S. The van der Waals surface area contributed by atoms with Gasteiger partial charge in [0.1, 0.15) is 0 Å². The minimum atomic E-state index is -0.893. The molecule has 2 atom stereocenters. The van der Waals surface area contributed by atoms with Gasteiger partial charge in [-0.05, 0) is 0 Å². The summed E-state index contributed by atoms with van der Waals surface area (Å²) in [6, 6.07) is 0. The van der Waals surface area contributed by atoms with Crippen molar-refractivity contribution in [2.45, 2.75) is 5.25 Å². The number of thioether (sulfide) groups is 1. The Balaban J connectivity index is 2.21. The zero-order valence-corrected chi connectivity index (χ0v) is 8.20. The van der Waals surface area contributed by atoms with Crippen LogP contribution >= 0.6 is 11.8 Å². The first kappa shape index (κ1) is 9.55. The number of rotatable bonds is 2. The second kappa shape index (κ2) is 3.63. The lowest BCUT2D eigenvalue weighted by molar-refractivity contribution is -0.132. The average molecular weight is 210 g/mol. The molecule has 2 N–H and O–H groups in total. The fourth-order valence-corrected chi connectivity index (χ4v) is 2.74. The summed E-state index contributed by atoms with van der Waals surface area (Å²) in [6.45, 7) is 0.0434. The van der Waals surface area contributed by atoms with Crippen molar-refractivity contribution < 1.29 is 15.0 Å². The third kappa shape index (κ3) is 1.63. The Bertz CT molecular complexity index is 354. The van der Waals surface area contributed by atoms with Crippen LogP contribution in [0.1, 0.15) is 0 Å². The van der Waals surface area contributed by atoms with E-state index in [1.807, 2.05) is 12.2 Å². The van der Waals surface area contributed by atoms with Gasteiger partial charge in [-0.2, -0.15) is 0 Å². The van der Waals surface area contributed by atoms with E-state index < -0.39 is 5.97 Å². The van der Waals surface area contributed by atoms with Gasteiger partial charge >= 0.3 is 5.97 Å². The molecule has 3 nitrogen and oxygen atoms in total. The van der Waals surface area contributed by atoms with Crippen LogP contribution in [-0.2, 0) is 4.79 Å². The van der Waals surface area contributed by atoms with Crippen molar-refractivity contribution in [3.63, 3.8) is 0 Å². The molecule has 0 fully saturated rings. The molecule has 1 heterocycles. The Labute approximate surface area is 85.8 Å². The predicted octanol–water partition coefficient (Wildman–Crippen LogP) is 1.18. The van der Waals surface area contributed by atoms with Crippen LogP contribution in [0.4, 0.5) is 0 Å². The number of aliphatic carboxylic acids is 1. The lowest BCUT2D eigenvalue weighted by Crippen LogP contribution is -2.13. The molecule has 0 amide bonds. The largest absolute Gasteiger partial charge is 0.478 e. The summed E-state index contributed by atoms with van der Waals surface area (Å²) < 4.78 is 0. The molecule has 4 heteroatoms. The van der Waals surface area contributed by atoms with Crippen molar-refractivity contribution in [2.75, 3.05) is 6.61 Å². The molecule has 0 aromatic rings. The van der Waals surface area contributed by atoms with E-state index in [9.17, 15) is 4.79 Å². The van der Waals surface area contributed by atoms with Gasteiger partial charge in [0.15, 0.2) is 0 Å². The minimum absolute atomic E-state index is 0.0434. The van der Waals surface area contributed by atoms with E-state index in [4.69, 9.17) is 10.2 Å². The first-order valence-corrected chi connectivity index (χ1v) is 5.20. The van der Waals surface area contributed by atoms with Crippen LogP contribution in [0.15, 0.2) is 34.8 Å². The molecule has 2 rings (SSSR count). The van der Waals surface area contributed by atoms with Crippen LogP contribution in [0.5, 0.6) is 0 Å². The van der Waals surface area contributed by atoms with Crippen molar-refractivity contribution in [1.82, 2.24) is 0 Å². The highest BCUT2D eigenvalue weighted by Crippen LogP contribution is 2.40. The molecule has 0 aromatic carbocycles. The number of aliphatic hydroxyl groups excluding tert-OH is 1. The first-order chi connectivity index (χ1) is 6.70. The zero-order valence-electron chi connectivity index (χ0n) is 7.38. The molecule has 14 heavy (non-hydrogen) atoms. The number of hydrogen-bond donors (Lipinski definition) is 2. The summed E-state index contributed by atoms with van der Waals surface area (Å²) in [5.74, 6) is -0.770. The number of hydrogen-bond acceptors (Lipinski definition) is 3. The maximum atomic E-state index is 10.7. The smallest absolute Gasteiger partial charge is 0.335 e. The molecule has 2 aliphatic rings. The van der Waals surface area contributed by atoms with Crippen LogP contribution in [0, 0.1) is 5.92 Å². The van der Waals surface area contributed by atoms with Gasteiger partial charge in [-0.25, -0.2) is 4.79 Å². The summed E-state index contributed by atoms with van der Waals surface area (Å²) in [4.78, 5) is 11.6. The zero-order chi connectivity index (χ0) is 10.1. The average Bonchev–Trinajstić information content (AvgIpc) is 2.58. The van der Waals surface area contributed by atoms with Crippen molar-refractivity contribution in [3.05, 3.63) is 34.8 Å². The van der Waals surface area contributed by atoms with E-state index in [2.05, 4.69) is 0 Å². The number of allylic oxidation sites excluding steroid dienone is 2. The van der Waals surface area contributed by atoms with Gasteiger partial charge in [-0.3, -0.25) is 0 Å². The molecule has 0 aromatic heterocycles. The van der Waals surface area contributed by atoms with Crippen molar-refractivity contribution in [2.24, 2.45) is 5.92 Å². The molecule has 0 saturated heterocycles. The maximum Gasteiger partial charge on any atom is 0.335 e. The first-order valence-electron chi connectivity index (χ1n) is 4.32. The van der Waals surface area contributed by atoms with E-state index >= 15 is 0 Å². The number of aliphatic hydroxyl groups is 1. The van der Waals surface area contributed by atoms with Crippen molar-refractivity contribution in [1.29, 1.82) is 0 Å². The van der Waals surface area contributed by atoms with E-state index in [0.29, 0.717) is 5.57 Å². The monoisotopic (exact) mass is 210 g/mol. The molecule has 1 aliphatic heterocycles. The number of carboxylic acid groups (broad SMARTS) is 1. The summed E-state index contributed by atoms with van der Waals surface area (Å²) in [7, 11) is 0. The number of carboxylic acids is 1. The quantitative estimate of drug-likeness (QED) is 0.718. The van der Waals surface area contributed by atoms with Crippen LogP contribution in [0.25, 0.3) is 0 Å². The van der Waals surface area contributed by atoms with Crippen molar-refractivity contribution >= 4 is 17.7 Å². The summed E-state index contributed by atoms with van der Waals surface area (Å²) in [6.07, 6.45) is 7.19. The van der Waals surface area contributed by atoms with E-state index in [1.165, 1.54) is 0 Å². The highest BCUT2D eigenvalue weighted by Gasteiger charge is 2.28. The van der Waals surface area contributed by atoms with E-state index in [-0.39, 0.29) is 17.8 Å². The van der Waals surface area contributed by atoms with Gasteiger partial charge in [0.05, 0.1) is 12.2 Å². The summed E-state index contributed by atoms with van der Waals surface area (Å²) in [5.41, 5.74) is 0.335. The van der Waals surface area contributed by atoms with Crippen LogP contribution in [0.3, 0.4) is 0 Å². The molecule has 0 saturated carbocycles. The SMILES string of the molecule is O=C(O)C1=CC2C=C(CO)SC2C=C1. The summed E-state index contributed by atoms with van der Waals surface area (Å²) >= 11 is 1.60. The predicted molar refractivity (Wildman–Crippen MR) is 54.9 cm³/mol. The third-order valence-corrected chi connectivity index (χ3v) is 3.60. The van der Waals surface area contributed by atoms with Crippen molar-refractivity contribution in [3.8, 4) is 0 Å². The fraction of sp³-hybridized carbons (Fsp3) is 0.300. The molecule has 74 valence electrons. The standard InChI is InChI=1S/C10H10O3S/c11-5-8-4-7-3-6(10(12)13)1-2-9(7)14-8/h1-4,7,9,11H,5H2,(H,12,13). The minimum Gasteiger partial charge on any atom is -0.478 e. The van der Waals surface area contributed by atoms with Gasteiger partial charge in [0.25, 0.3) is 0 Å². The third-order valence-electron chi connectivity index (χ3n) is 2.29. The Kier molecular flexibility index (Phi) is 2.48.